The van der Waals surface area contributed by atoms with Crippen LogP contribution in [-0.4, -0.2) is 24.5 Å². The van der Waals surface area contributed by atoms with Gasteiger partial charge in [-0.25, -0.2) is 0 Å². The van der Waals surface area contributed by atoms with Gasteiger partial charge in [-0.15, -0.1) is 24.0 Å². The van der Waals surface area contributed by atoms with Crippen molar-refractivity contribution in [2.75, 3.05) is 13.7 Å². The molecule has 160 valence electrons. The summed E-state index contributed by atoms with van der Waals surface area (Å²) < 4.78 is 11.6. The van der Waals surface area contributed by atoms with Gasteiger partial charge in [0, 0.05) is 31.1 Å². The number of guanidine groups is 1. The number of hydrogen-bond acceptors (Lipinski definition) is 5. The fourth-order valence-corrected chi connectivity index (χ4v) is 2.98. The van der Waals surface area contributed by atoms with E-state index < -0.39 is 4.92 Å². The molecule has 0 saturated heterocycles. The maximum atomic E-state index is 10.9. The molecule has 0 spiro atoms. The summed E-state index contributed by atoms with van der Waals surface area (Å²) in [6, 6.07) is 14.1. The zero-order valence-corrected chi connectivity index (χ0v) is 19.4. The van der Waals surface area contributed by atoms with Crippen molar-refractivity contribution in [1.82, 2.24) is 10.6 Å². The van der Waals surface area contributed by atoms with Crippen molar-refractivity contribution in [3.8, 4) is 5.75 Å². The Morgan fingerprint density at radius 3 is 2.73 bits per heavy atom. The van der Waals surface area contributed by atoms with Gasteiger partial charge in [0.1, 0.15) is 5.76 Å². The molecule has 9 heteroatoms. The van der Waals surface area contributed by atoms with Crippen LogP contribution in [0, 0.1) is 10.1 Å². The van der Waals surface area contributed by atoms with Gasteiger partial charge < -0.3 is 19.8 Å². The molecular formula is C21H25IN4O4. The van der Waals surface area contributed by atoms with E-state index in [-0.39, 0.29) is 35.7 Å². The molecule has 8 nitrogen and oxygen atoms in total. The number of aliphatic imine (C=N–C) groups is 1. The lowest BCUT2D eigenvalue weighted by Gasteiger charge is -2.16. The Hall–Kier alpha value is -2.82. The number of halogens is 1. The van der Waals surface area contributed by atoms with Crippen LogP contribution >= 0.6 is 24.0 Å². The second kappa shape index (κ2) is 10.8. The zero-order chi connectivity index (χ0) is 20.8. The molecule has 0 aliphatic heterocycles. The van der Waals surface area contributed by atoms with Crippen molar-refractivity contribution in [2.45, 2.75) is 26.4 Å². The minimum atomic E-state index is -0.406. The van der Waals surface area contributed by atoms with Gasteiger partial charge in [-0.05, 0) is 31.5 Å². The number of para-hydroxylation sites is 1. The van der Waals surface area contributed by atoms with Crippen LogP contribution in [0.4, 0.5) is 5.69 Å². The van der Waals surface area contributed by atoms with Crippen LogP contribution in [0.3, 0.4) is 0 Å². The summed E-state index contributed by atoms with van der Waals surface area (Å²) in [4.78, 5) is 14.7. The third kappa shape index (κ3) is 5.62. The maximum Gasteiger partial charge on any atom is 0.269 e. The molecule has 0 bridgehead atoms. The van der Waals surface area contributed by atoms with Crippen LogP contribution in [0.5, 0.6) is 5.75 Å². The number of nitrogens with zero attached hydrogens (tertiary/aromatic N) is 2. The van der Waals surface area contributed by atoms with Crippen molar-refractivity contribution >= 4 is 46.6 Å². The average molecular weight is 524 g/mol. The van der Waals surface area contributed by atoms with E-state index in [1.165, 1.54) is 12.1 Å². The molecule has 1 unspecified atom stereocenters. The van der Waals surface area contributed by atoms with Gasteiger partial charge in [0.2, 0.25) is 0 Å². The summed E-state index contributed by atoms with van der Waals surface area (Å²) in [7, 11) is 1.67. The molecular weight excluding hydrogens is 499 g/mol. The predicted octanol–water partition coefficient (Wildman–Crippen LogP) is 4.78. The largest absolute Gasteiger partial charge is 0.490 e. The highest BCUT2D eigenvalue weighted by Gasteiger charge is 2.15. The summed E-state index contributed by atoms with van der Waals surface area (Å²) in [6.45, 7) is 4.88. The number of nitrogens with one attached hydrogen (secondary N) is 2. The highest BCUT2D eigenvalue weighted by molar-refractivity contribution is 14.0. The van der Waals surface area contributed by atoms with Gasteiger partial charge in [-0.2, -0.15) is 0 Å². The van der Waals surface area contributed by atoms with Crippen molar-refractivity contribution in [1.29, 1.82) is 0 Å². The molecule has 0 aliphatic rings. The van der Waals surface area contributed by atoms with Crippen LogP contribution in [0.25, 0.3) is 11.0 Å². The first kappa shape index (κ1) is 23.5. The Morgan fingerprint density at radius 1 is 1.27 bits per heavy atom. The van der Waals surface area contributed by atoms with E-state index in [0.29, 0.717) is 19.1 Å². The van der Waals surface area contributed by atoms with Crippen molar-refractivity contribution < 1.29 is 14.1 Å². The lowest BCUT2D eigenvalue weighted by molar-refractivity contribution is -0.384. The monoisotopic (exact) mass is 524 g/mol. The Kier molecular flexibility index (Phi) is 8.46. The highest BCUT2D eigenvalue weighted by Crippen LogP contribution is 2.31. The quantitative estimate of drug-likeness (QED) is 0.152. The predicted molar refractivity (Wildman–Crippen MR) is 128 cm³/mol. The van der Waals surface area contributed by atoms with Crippen LogP contribution in [0.1, 0.15) is 31.2 Å². The summed E-state index contributed by atoms with van der Waals surface area (Å²) in [6.07, 6.45) is 0. The second-order valence-electron chi connectivity index (χ2n) is 6.48. The Bertz CT molecular complexity index is 1030. The highest BCUT2D eigenvalue weighted by atomic mass is 127. The Balaban J connectivity index is 0.00000320. The second-order valence-corrected chi connectivity index (χ2v) is 6.48. The maximum absolute atomic E-state index is 10.9. The minimum absolute atomic E-state index is 0. The SMILES string of the molecule is CCOc1cccc2cc(C(C)NC(=NC)NCc3cccc([N+](=O)[O-])c3)oc12.I. The molecule has 30 heavy (non-hydrogen) atoms. The molecule has 0 amide bonds. The van der Waals surface area contributed by atoms with E-state index in [2.05, 4.69) is 15.6 Å². The number of nitro groups is 1. The smallest absolute Gasteiger partial charge is 0.269 e. The fraction of sp³-hybridized carbons (Fsp3) is 0.286. The van der Waals surface area contributed by atoms with Crippen LogP contribution in [0.15, 0.2) is 57.9 Å². The van der Waals surface area contributed by atoms with E-state index in [4.69, 9.17) is 9.15 Å². The number of non-ortho nitro benzene ring substituents is 1. The van der Waals surface area contributed by atoms with Crippen LogP contribution < -0.4 is 15.4 Å². The molecule has 0 aliphatic carbocycles. The number of benzene rings is 2. The molecule has 2 N–H and O–H groups in total. The van der Waals surface area contributed by atoms with Gasteiger partial charge in [0.15, 0.2) is 17.3 Å². The van der Waals surface area contributed by atoms with E-state index in [1.54, 1.807) is 13.1 Å². The molecule has 3 aromatic rings. The van der Waals surface area contributed by atoms with E-state index >= 15 is 0 Å². The Morgan fingerprint density at radius 2 is 2.03 bits per heavy atom. The van der Waals surface area contributed by atoms with Crippen molar-refractivity contribution in [2.24, 2.45) is 4.99 Å². The number of nitro benzene ring substituents is 1. The van der Waals surface area contributed by atoms with E-state index in [1.807, 2.05) is 44.2 Å². The standard InChI is InChI=1S/C21H24N4O4.HI/c1-4-28-18-10-6-8-16-12-19(29-20(16)18)14(2)24-21(22-3)23-13-15-7-5-9-17(11-15)25(26)27;/h5-12,14H,4,13H2,1-3H3,(H2,22,23,24);1H. The van der Waals surface area contributed by atoms with Crippen molar-refractivity contribution in [3.63, 3.8) is 0 Å². The number of furan rings is 1. The third-order valence-electron chi connectivity index (χ3n) is 4.41. The van der Waals surface area contributed by atoms with Gasteiger partial charge in [0.05, 0.1) is 17.6 Å². The molecule has 1 heterocycles. The van der Waals surface area contributed by atoms with Crippen molar-refractivity contribution in [3.05, 3.63) is 70.0 Å². The number of ether oxygens (including phenoxy) is 1. The first-order chi connectivity index (χ1) is 14.0. The van der Waals surface area contributed by atoms with Crippen LogP contribution in [0.2, 0.25) is 0 Å². The van der Waals surface area contributed by atoms with Gasteiger partial charge in [-0.3, -0.25) is 15.1 Å². The first-order valence-corrected chi connectivity index (χ1v) is 9.37. The lowest BCUT2D eigenvalue weighted by atomic mass is 10.2. The molecule has 0 saturated carbocycles. The molecule has 2 aromatic carbocycles. The summed E-state index contributed by atoms with van der Waals surface area (Å²) >= 11 is 0. The molecule has 0 fully saturated rings. The first-order valence-electron chi connectivity index (χ1n) is 9.37. The lowest BCUT2D eigenvalue weighted by Crippen LogP contribution is -2.38. The Labute approximate surface area is 191 Å². The molecule has 1 atom stereocenters. The summed E-state index contributed by atoms with van der Waals surface area (Å²) in [5, 5.41) is 18.3. The molecule has 0 radical (unpaired) electrons. The zero-order valence-electron chi connectivity index (χ0n) is 17.0. The number of rotatable bonds is 7. The van der Waals surface area contributed by atoms with Gasteiger partial charge in [-0.1, -0.05) is 24.3 Å². The summed E-state index contributed by atoms with van der Waals surface area (Å²) in [5.41, 5.74) is 1.57. The van der Waals surface area contributed by atoms with E-state index in [9.17, 15) is 10.1 Å². The minimum Gasteiger partial charge on any atom is -0.490 e. The van der Waals surface area contributed by atoms with E-state index in [0.717, 1.165) is 28.0 Å². The molecule has 3 rings (SSSR count). The fourth-order valence-electron chi connectivity index (χ4n) is 2.98. The van der Waals surface area contributed by atoms with Gasteiger partial charge in [0.25, 0.3) is 5.69 Å². The number of hydrogen-bond donors (Lipinski definition) is 2. The average Bonchev–Trinajstić information content (AvgIpc) is 3.17. The van der Waals surface area contributed by atoms with Gasteiger partial charge >= 0.3 is 0 Å². The topological polar surface area (TPSA) is 102 Å². The normalized spacial score (nSPS) is 12.2. The third-order valence-corrected chi connectivity index (χ3v) is 4.41. The summed E-state index contributed by atoms with van der Waals surface area (Å²) in [5.74, 6) is 2.04. The molecule has 1 aromatic heterocycles. The number of fused-ring (bicyclic) bond motifs is 1. The van der Waals surface area contributed by atoms with Crippen LogP contribution in [-0.2, 0) is 6.54 Å².